The Morgan fingerprint density at radius 3 is 2.67 bits per heavy atom. The first-order chi connectivity index (χ1) is 13.2. The van der Waals surface area contributed by atoms with Crippen LogP contribution in [-0.2, 0) is 0 Å². The highest BCUT2D eigenvalue weighted by Crippen LogP contribution is 2.35. The summed E-state index contributed by atoms with van der Waals surface area (Å²) in [5.74, 6) is 2.09. The number of anilines is 1. The minimum Gasteiger partial charge on any atom is -0.493 e. The molecule has 27 heavy (non-hydrogen) atoms. The van der Waals surface area contributed by atoms with Gasteiger partial charge in [-0.25, -0.2) is 0 Å². The standard InChI is InChI=1S/C18H15N3O5S/c1-23-12-5-4-11(8-14(12)24-2)17-20-21-18(27-17)19-16(22)10-3-6-13-15(7-10)26-9-25-13/h3-8H,9H2,1-2H3,(H,19,21,22). The van der Waals surface area contributed by atoms with Gasteiger partial charge >= 0.3 is 0 Å². The zero-order chi connectivity index (χ0) is 18.8. The largest absolute Gasteiger partial charge is 0.493 e. The van der Waals surface area contributed by atoms with Gasteiger partial charge in [0.1, 0.15) is 5.01 Å². The monoisotopic (exact) mass is 385 g/mol. The van der Waals surface area contributed by atoms with Gasteiger partial charge in [-0.05, 0) is 36.4 Å². The van der Waals surface area contributed by atoms with Crippen LogP contribution in [0.4, 0.5) is 5.13 Å². The number of hydrogen-bond acceptors (Lipinski definition) is 8. The highest BCUT2D eigenvalue weighted by molar-refractivity contribution is 7.18. The van der Waals surface area contributed by atoms with Gasteiger partial charge in [0.05, 0.1) is 14.2 Å². The second kappa shape index (κ2) is 7.12. The molecule has 1 amide bonds. The third-order valence-corrected chi connectivity index (χ3v) is 4.80. The predicted molar refractivity (Wildman–Crippen MR) is 99.0 cm³/mol. The van der Waals surface area contributed by atoms with E-state index >= 15 is 0 Å². The molecule has 0 radical (unpaired) electrons. The number of nitrogens with one attached hydrogen (secondary N) is 1. The van der Waals surface area contributed by atoms with E-state index in [1.54, 1.807) is 38.5 Å². The number of methoxy groups -OCH3 is 2. The molecule has 0 fully saturated rings. The lowest BCUT2D eigenvalue weighted by atomic mass is 10.2. The van der Waals surface area contributed by atoms with Crippen molar-refractivity contribution in [3.05, 3.63) is 42.0 Å². The van der Waals surface area contributed by atoms with Crippen molar-refractivity contribution in [2.45, 2.75) is 0 Å². The molecule has 2 aromatic carbocycles. The molecule has 8 nitrogen and oxygen atoms in total. The van der Waals surface area contributed by atoms with Gasteiger partial charge in [0.15, 0.2) is 23.0 Å². The minimum absolute atomic E-state index is 0.158. The molecule has 0 saturated heterocycles. The third kappa shape index (κ3) is 3.36. The molecule has 4 rings (SSSR count). The molecule has 1 N–H and O–H groups in total. The highest BCUT2D eigenvalue weighted by atomic mass is 32.1. The van der Waals surface area contributed by atoms with Crippen LogP contribution in [-0.4, -0.2) is 37.1 Å². The van der Waals surface area contributed by atoms with Crippen molar-refractivity contribution in [2.75, 3.05) is 26.3 Å². The quantitative estimate of drug-likeness (QED) is 0.721. The zero-order valence-corrected chi connectivity index (χ0v) is 15.3. The number of nitrogens with zero attached hydrogens (tertiary/aromatic N) is 2. The van der Waals surface area contributed by atoms with Crippen LogP contribution in [0.2, 0.25) is 0 Å². The molecule has 0 aliphatic carbocycles. The maximum absolute atomic E-state index is 12.4. The van der Waals surface area contributed by atoms with Crippen molar-refractivity contribution in [2.24, 2.45) is 0 Å². The van der Waals surface area contributed by atoms with Crippen LogP contribution in [0.3, 0.4) is 0 Å². The Bertz CT molecular complexity index is 1000. The molecule has 0 saturated carbocycles. The number of hydrogen-bond donors (Lipinski definition) is 1. The van der Waals surface area contributed by atoms with Crippen LogP contribution in [0.5, 0.6) is 23.0 Å². The molecule has 0 bridgehead atoms. The van der Waals surface area contributed by atoms with Crippen LogP contribution >= 0.6 is 11.3 Å². The second-order valence-electron chi connectivity index (χ2n) is 5.50. The third-order valence-electron chi connectivity index (χ3n) is 3.91. The summed E-state index contributed by atoms with van der Waals surface area (Å²) in [5, 5.41) is 12.0. The van der Waals surface area contributed by atoms with E-state index in [0.717, 1.165) is 5.56 Å². The number of rotatable bonds is 5. The van der Waals surface area contributed by atoms with E-state index in [2.05, 4.69) is 15.5 Å². The van der Waals surface area contributed by atoms with Crippen molar-refractivity contribution < 1.29 is 23.7 Å². The van der Waals surface area contributed by atoms with Crippen molar-refractivity contribution in [1.29, 1.82) is 0 Å². The predicted octanol–water partition coefficient (Wildman–Crippen LogP) is 3.20. The van der Waals surface area contributed by atoms with E-state index in [1.165, 1.54) is 11.3 Å². The lowest BCUT2D eigenvalue weighted by Crippen LogP contribution is -2.11. The Hall–Kier alpha value is -3.33. The number of ether oxygens (including phenoxy) is 4. The first-order valence-electron chi connectivity index (χ1n) is 7.95. The van der Waals surface area contributed by atoms with Gasteiger partial charge in [-0.1, -0.05) is 11.3 Å². The van der Waals surface area contributed by atoms with Gasteiger partial charge in [0, 0.05) is 11.1 Å². The Morgan fingerprint density at radius 1 is 1.04 bits per heavy atom. The topological polar surface area (TPSA) is 91.8 Å². The fraction of sp³-hybridized carbons (Fsp3) is 0.167. The molecule has 138 valence electrons. The van der Waals surface area contributed by atoms with E-state index in [4.69, 9.17) is 18.9 Å². The van der Waals surface area contributed by atoms with Gasteiger partial charge in [-0.3, -0.25) is 10.1 Å². The summed E-state index contributed by atoms with van der Waals surface area (Å²) in [7, 11) is 3.14. The van der Waals surface area contributed by atoms with Crippen molar-refractivity contribution >= 4 is 22.4 Å². The summed E-state index contributed by atoms with van der Waals surface area (Å²) in [4.78, 5) is 12.4. The lowest BCUT2D eigenvalue weighted by molar-refractivity contribution is 0.102. The number of benzene rings is 2. The Balaban J connectivity index is 1.52. The van der Waals surface area contributed by atoms with Gasteiger partial charge in [-0.15, -0.1) is 10.2 Å². The second-order valence-corrected chi connectivity index (χ2v) is 6.48. The SMILES string of the molecule is COc1ccc(-c2nnc(NC(=O)c3ccc4c(c3)OCO4)s2)cc1OC. The number of amides is 1. The highest BCUT2D eigenvalue weighted by Gasteiger charge is 2.18. The molecule has 0 atom stereocenters. The molecular weight excluding hydrogens is 370 g/mol. The van der Waals surface area contributed by atoms with Crippen LogP contribution in [0.15, 0.2) is 36.4 Å². The van der Waals surface area contributed by atoms with Gasteiger partial charge in [0.25, 0.3) is 5.91 Å². The lowest BCUT2D eigenvalue weighted by Gasteiger charge is -2.07. The summed E-state index contributed by atoms with van der Waals surface area (Å²) in [6.45, 7) is 0.158. The summed E-state index contributed by atoms with van der Waals surface area (Å²) in [6, 6.07) is 10.5. The zero-order valence-electron chi connectivity index (χ0n) is 14.5. The van der Waals surface area contributed by atoms with E-state index in [-0.39, 0.29) is 12.7 Å². The average molecular weight is 385 g/mol. The van der Waals surface area contributed by atoms with Crippen LogP contribution in [0.1, 0.15) is 10.4 Å². The number of carbonyl (C=O) groups is 1. The van der Waals surface area contributed by atoms with E-state index < -0.39 is 0 Å². The summed E-state index contributed by atoms with van der Waals surface area (Å²) < 4.78 is 21.1. The first kappa shape index (κ1) is 17.1. The van der Waals surface area contributed by atoms with Crippen molar-refractivity contribution in [3.8, 4) is 33.6 Å². The molecule has 0 unspecified atom stereocenters. The summed E-state index contributed by atoms with van der Waals surface area (Å²) in [5.41, 5.74) is 1.26. The maximum Gasteiger partial charge on any atom is 0.257 e. The summed E-state index contributed by atoms with van der Waals surface area (Å²) >= 11 is 1.26. The van der Waals surface area contributed by atoms with Gasteiger partial charge in [-0.2, -0.15) is 0 Å². The minimum atomic E-state index is -0.302. The molecule has 1 aliphatic heterocycles. The fourth-order valence-corrected chi connectivity index (χ4v) is 3.30. The molecule has 1 aromatic heterocycles. The molecule has 9 heteroatoms. The normalized spacial score (nSPS) is 11.9. The van der Waals surface area contributed by atoms with Crippen LogP contribution in [0.25, 0.3) is 10.6 Å². The van der Waals surface area contributed by atoms with E-state index in [0.29, 0.717) is 38.7 Å². The summed E-state index contributed by atoms with van der Waals surface area (Å²) in [6.07, 6.45) is 0. The van der Waals surface area contributed by atoms with Gasteiger partial charge < -0.3 is 18.9 Å². The smallest absolute Gasteiger partial charge is 0.257 e. The Kier molecular flexibility index (Phi) is 4.51. The fourth-order valence-electron chi connectivity index (χ4n) is 2.57. The Morgan fingerprint density at radius 2 is 1.85 bits per heavy atom. The molecule has 3 aromatic rings. The Labute approximate surface area is 158 Å². The molecular formula is C18H15N3O5S. The molecule has 0 spiro atoms. The number of aromatic nitrogens is 2. The van der Waals surface area contributed by atoms with Crippen LogP contribution in [0, 0.1) is 0 Å². The van der Waals surface area contributed by atoms with Gasteiger partial charge in [0.2, 0.25) is 11.9 Å². The van der Waals surface area contributed by atoms with E-state index in [1.807, 2.05) is 12.1 Å². The number of fused-ring (bicyclic) bond motifs is 1. The maximum atomic E-state index is 12.4. The average Bonchev–Trinajstić information content (AvgIpc) is 3.36. The van der Waals surface area contributed by atoms with Crippen LogP contribution < -0.4 is 24.3 Å². The molecule has 2 heterocycles. The number of carbonyl (C=O) groups excluding carboxylic acids is 1. The van der Waals surface area contributed by atoms with Crippen molar-refractivity contribution in [1.82, 2.24) is 10.2 Å². The first-order valence-corrected chi connectivity index (χ1v) is 8.76. The molecule has 1 aliphatic rings. The van der Waals surface area contributed by atoms with E-state index in [9.17, 15) is 4.79 Å². The van der Waals surface area contributed by atoms with Crippen molar-refractivity contribution in [3.63, 3.8) is 0 Å².